The lowest BCUT2D eigenvalue weighted by Crippen LogP contribution is -2.28. The van der Waals surface area contributed by atoms with E-state index in [4.69, 9.17) is 23.2 Å². The van der Waals surface area contributed by atoms with Crippen molar-refractivity contribution in [3.05, 3.63) is 34.1 Å². The summed E-state index contributed by atoms with van der Waals surface area (Å²) < 4.78 is 14.6. The number of hydrogen-bond acceptors (Lipinski definition) is 0. The van der Waals surface area contributed by atoms with E-state index < -0.39 is 0 Å². The molecule has 17 heavy (non-hydrogen) atoms. The molecule has 0 aliphatic rings. The molecule has 0 aliphatic heterocycles. The van der Waals surface area contributed by atoms with Crippen molar-refractivity contribution < 1.29 is 4.39 Å². The highest BCUT2D eigenvalue weighted by molar-refractivity contribution is 9.10. The Bertz CT molecular complexity index is 364. The van der Waals surface area contributed by atoms with Crippen LogP contribution in [0.5, 0.6) is 0 Å². The lowest BCUT2D eigenvalue weighted by molar-refractivity contribution is 0.336. The molecule has 0 aromatic heterocycles. The third-order valence-electron chi connectivity index (χ3n) is 2.92. The number of rotatable bonds is 6. The Morgan fingerprint density at radius 3 is 2.47 bits per heavy atom. The van der Waals surface area contributed by atoms with E-state index in [9.17, 15) is 4.39 Å². The molecule has 0 amide bonds. The standard InChI is InChI=1S/C13H16BrCl2F/c1-2-5-13(8-15,9-16)7-10-6-11(14)3-4-12(10)17/h3-4,6H,2,5,7-9H2,1H3. The lowest BCUT2D eigenvalue weighted by Gasteiger charge is -2.29. The Morgan fingerprint density at radius 1 is 1.29 bits per heavy atom. The van der Waals surface area contributed by atoms with Crippen LogP contribution in [0.3, 0.4) is 0 Å². The highest BCUT2D eigenvalue weighted by Gasteiger charge is 2.28. The van der Waals surface area contributed by atoms with Gasteiger partial charge in [-0.25, -0.2) is 4.39 Å². The van der Waals surface area contributed by atoms with Gasteiger partial charge in [-0.2, -0.15) is 0 Å². The second kappa shape index (κ2) is 6.96. The van der Waals surface area contributed by atoms with Crippen molar-refractivity contribution in [1.29, 1.82) is 0 Å². The normalized spacial score (nSPS) is 11.8. The third kappa shape index (κ3) is 4.11. The molecule has 0 unspecified atom stereocenters. The van der Waals surface area contributed by atoms with Crippen LogP contribution in [-0.2, 0) is 6.42 Å². The Labute approximate surface area is 121 Å². The Hall–Kier alpha value is 0.210. The summed E-state index contributed by atoms with van der Waals surface area (Å²) in [4.78, 5) is 0. The summed E-state index contributed by atoms with van der Waals surface area (Å²) in [5.41, 5.74) is 0.466. The maximum absolute atomic E-state index is 13.7. The first-order chi connectivity index (χ1) is 8.06. The van der Waals surface area contributed by atoms with Crippen molar-refractivity contribution in [3.63, 3.8) is 0 Å². The van der Waals surface area contributed by atoms with Crippen LogP contribution < -0.4 is 0 Å². The average Bonchev–Trinajstić information content (AvgIpc) is 2.33. The van der Waals surface area contributed by atoms with Crippen LogP contribution in [0.2, 0.25) is 0 Å². The van der Waals surface area contributed by atoms with E-state index >= 15 is 0 Å². The fraction of sp³-hybridized carbons (Fsp3) is 0.538. The molecule has 1 rings (SSSR count). The van der Waals surface area contributed by atoms with E-state index in [2.05, 4.69) is 22.9 Å². The monoisotopic (exact) mass is 340 g/mol. The van der Waals surface area contributed by atoms with Crippen molar-refractivity contribution >= 4 is 39.1 Å². The molecule has 4 heteroatoms. The van der Waals surface area contributed by atoms with E-state index in [-0.39, 0.29) is 11.2 Å². The second-order valence-corrected chi connectivity index (χ2v) is 5.88. The van der Waals surface area contributed by atoms with Gasteiger partial charge in [-0.3, -0.25) is 0 Å². The first-order valence-electron chi connectivity index (χ1n) is 5.63. The summed E-state index contributed by atoms with van der Waals surface area (Å²) in [6, 6.07) is 4.97. The molecule has 0 N–H and O–H groups in total. The third-order valence-corrected chi connectivity index (χ3v) is 4.55. The molecule has 1 aromatic rings. The molecule has 0 nitrogen and oxygen atoms in total. The Kier molecular flexibility index (Phi) is 6.25. The number of halogens is 4. The summed E-state index contributed by atoms with van der Waals surface area (Å²) >= 11 is 15.4. The van der Waals surface area contributed by atoms with E-state index in [1.165, 1.54) is 6.07 Å². The zero-order valence-electron chi connectivity index (χ0n) is 9.78. The predicted octanol–water partition coefficient (Wildman–Crippen LogP) is 5.39. The topological polar surface area (TPSA) is 0 Å². The van der Waals surface area contributed by atoms with E-state index in [1.54, 1.807) is 12.1 Å². The van der Waals surface area contributed by atoms with Gasteiger partial charge in [0.1, 0.15) is 5.82 Å². The number of hydrogen-bond donors (Lipinski definition) is 0. The summed E-state index contributed by atoms with van der Waals surface area (Å²) in [6.07, 6.45) is 2.49. The molecule has 0 saturated heterocycles. The Morgan fingerprint density at radius 2 is 1.94 bits per heavy atom. The highest BCUT2D eigenvalue weighted by Crippen LogP contribution is 2.33. The molecule has 1 aromatic carbocycles. The van der Waals surface area contributed by atoms with Crippen LogP contribution >= 0.6 is 39.1 Å². The largest absolute Gasteiger partial charge is 0.207 e. The molecule has 0 aliphatic carbocycles. The lowest BCUT2D eigenvalue weighted by atomic mass is 9.81. The van der Waals surface area contributed by atoms with Gasteiger partial charge in [-0.1, -0.05) is 29.3 Å². The fourth-order valence-corrected chi connectivity index (χ4v) is 3.12. The summed E-state index contributed by atoms with van der Waals surface area (Å²) in [5.74, 6) is 0.718. The van der Waals surface area contributed by atoms with Gasteiger partial charge in [0.2, 0.25) is 0 Å². The molecule has 0 bridgehead atoms. The van der Waals surface area contributed by atoms with Gasteiger partial charge in [0.05, 0.1) is 0 Å². The van der Waals surface area contributed by atoms with Crippen LogP contribution in [0.25, 0.3) is 0 Å². The molecular formula is C13H16BrCl2F. The fourth-order valence-electron chi connectivity index (χ4n) is 1.97. The van der Waals surface area contributed by atoms with Crippen molar-refractivity contribution in [3.8, 4) is 0 Å². The minimum Gasteiger partial charge on any atom is -0.207 e. The molecule has 96 valence electrons. The zero-order valence-corrected chi connectivity index (χ0v) is 12.9. The second-order valence-electron chi connectivity index (χ2n) is 4.43. The molecule has 0 radical (unpaired) electrons. The van der Waals surface area contributed by atoms with Gasteiger partial charge in [0.25, 0.3) is 0 Å². The van der Waals surface area contributed by atoms with Crippen molar-refractivity contribution in [2.75, 3.05) is 11.8 Å². The minimum atomic E-state index is -0.209. The molecule has 0 atom stereocenters. The quantitative estimate of drug-likeness (QED) is 0.608. The van der Waals surface area contributed by atoms with Crippen LogP contribution in [0, 0.1) is 11.2 Å². The number of alkyl halides is 2. The summed E-state index contributed by atoms with van der Waals surface area (Å²) in [5, 5.41) is 0. The van der Waals surface area contributed by atoms with Crippen molar-refractivity contribution in [2.45, 2.75) is 26.2 Å². The maximum Gasteiger partial charge on any atom is 0.126 e. The predicted molar refractivity (Wildman–Crippen MR) is 76.6 cm³/mol. The van der Waals surface area contributed by atoms with Gasteiger partial charge >= 0.3 is 0 Å². The van der Waals surface area contributed by atoms with Crippen LogP contribution in [-0.4, -0.2) is 11.8 Å². The molecule has 0 spiro atoms. The summed E-state index contributed by atoms with van der Waals surface area (Å²) in [6.45, 7) is 2.09. The molecule has 0 heterocycles. The van der Waals surface area contributed by atoms with Gasteiger partial charge in [-0.15, -0.1) is 23.2 Å². The van der Waals surface area contributed by atoms with Crippen LogP contribution in [0.4, 0.5) is 4.39 Å². The van der Waals surface area contributed by atoms with Crippen LogP contribution in [0.1, 0.15) is 25.3 Å². The smallest absolute Gasteiger partial charge is 0.126 e. The van der Waals surface area contributed by atoms with Crippen molar-refractivity contribution in [1.82, 2.24) is 0 Å². The molecule has 0 fully saturated rings. The Balaban J connectivity index is 2.96. The van der Waals surface area contributed by atoms with Gasteiger partial charge in [0.15, 0.2) is 0 Å². The number of benzene rings is 1. The first-order valence-corrected chi connectivity index (χ1v) is 7.49. The first kappa shape index (κ1) is 15.3. The van der Waals surface area contributed by atoms with E-state index in [0.29, 0.717) is 23.7 Å². The molecule has 0 saturated carbocycles. The van der Waals surface area contributed by atoms with Gasteiger partial charge < -0.3 is 0 Å². The highest BCUT2D eigenvalue weighted by atomic mass is 79.9. The molecular weight excluding hydrogens is 326 g/mol. The minimum absolute atomic E-state index is 0.191. The summed E-state index contributed by atoms with van der Waals surface area (Å²) in [7, 11) is 0. The van der Waals surface area contributed by atoms with E-state index in [0.717, 1.165) is 17.3 Å². The zero-order chi connectivity index (χ0) is 12.9. The van der Waals surface area contributed by atoms with Crippen molar-refractivity contribution in [2.24, 2.45) is 5.41 Å². The van der Waals surface area contributed by atoms with Crippen LogP contribution in [0.15, 0.2) is 22.7 Å². The van der Waals surface area contributed by atoms with Gasteiger partial charge in [-0.05, 0) is 36.6 Å². The average molecular weight is 342 g/mol. The van der Waals surface area contributed by atoms with E-state index in [1.807, 2.05) is 0 Å². The van der Waals surface area contributed by atoms with Gasteiger partial charge in [0, 0.05) is 21.6 Å². The maximum atomic E-state index is 13.7. The SMILES string of the molecule is CCCC(CCl)(CCl)Cc1cc(Br)ccc1F.